The van der Waals surface area contributed by atoms with Crippen LogP contribution in [0.4, 0.5) is 5.95 Å². The molecule has 1 aromatic carbocycles. The van der Waals surface area contributed by atoms with Crippen molar-refractivity contribution in [3.8, 4) is 5.75 Å². The molecule has 2 heterocycles. The summed E-state index contributed by atoms with van der Waals surface area (Å²) in [7, 11) is 1.64. The predicted octanol–water partition coefficient (Wildman–Crippen LogP) is 2.07. The molecule has 5 nitrogen and oxygen atoms in total. The molecule has 0 aliphatic carbocycles. The second kappa shape index (κ2) is 4.61. The van der Waals surface area contributed by atoms with Crippen LogP contribution in [0.25, 0.3) is 11.0 Å². The Morgan fingerprint density at radius 2 is 2.00 bits per heavy atom. The maximum atomic E-state index is 5.99. The summed E-state index contributed by atoms with van der Waals surface area (Å²) in [5.74, 6) is 1.28. The Bertz CT molecular complexity index is 706. The zero-order valence-corrected chi connectivity index (χ0v) is 10.6. The Morgan fingerprint density at radius 1 is 1.21 bits per heavy atom. The first kappa shape index (κ1) is 11.5. The number of methoxy groups -OCH3 is 1. The van der Waals surface area contributed by atoms with E-state index in [-0.39, 0.29) is 0 Å². The van der Waals surface area contributed by atoms with E-state index in [0.29, 0.717) is 12.5 Å². The molecule has 0 fully saturated rings. The third-order valence-electron chi connectivity index (χ3n) is 3.07. The van der Waals surface area contributed by atoms with Crippen LogP contribution in [0, 0.1) is 0 Å². The number of ether oxygens (including phenoxy) is 1. The predicted molar refractivity (Wildman–Crippen MR) is 74.0 cm³/mol. The summed E-state index contributed by atoms with van der Waals surface area (Å²) in [4.78, 5) is 8.37. The van der Waals surface area contributed by atoms with Crippen LogP contribution < -0.4 is 10.5 Å². The van der Waals surface area contributed by atoms with Gasteiger partial charge in [-0.3, -0.25) is 4.98 Å². The monoisotopic (exact) mass is 254 g/mol. The number of aromatic nitrogens is 3. The maximum absolute atomic E-state index is 5.99. The second-order valence-electron chi connectivity index (χ2n) is 4.27. The Labute approximate surface area is 110 Å². The molecule has 0 atom stereocenters. The topological polar surface area (TPSA) is 66.0 Å². The van der Waals surface area contributed by atoms with Gasteiger partial charge in [-0.15, -0.1) is 0 Å². The molecule has 3 rings (SSSR count). The van der Waals surface area contributed by atoms with Crippen molar-refractivity contribution in [3.63, 3.8) is 0 Å². The normalized spacial score (nSPS) is 10.8. The molecule has 5 heteroatoms. The summed E-state index contributed by atoms with van der Waals surface area (Å²) in [6.07, 6.45) is 3.54. The van der Waals surface area contributed by atoms with Gasteiger partial charge in [0.1, 0.15) is 5.75 Å². The van der Waals surface area contributed by atoms with Crippen LogP contribution in [-0.4, -0.2) is 21.6 Å². The number of hydrogen-bond donors (Lipinski definition) is 1. The lowest BCUT2D eigenvalue weighted by molar-refractivity contribution is 0.415. The molecule has 2 aromatic heterocycles. The van der Waals surface area contributed by atoms with E-state index in [1.54, 1.807) is 19.5 Å². The number of fused-ring (bicyclic) bond motifs is 1. The van der Waals surface area contributed by atoms with Gasteiger partial charge in [-0.1, -0.05) is 0 Å². The van der Waals surface area contributed by atoms with Gasteiger partial charge < -0.3 is 15.0 Å². The first-order valence-electron chi connectivity index (χ1n) is 5.96. The van der Waals surface area contributed by atoms with Gasteiger partial charge in [0.25, 0.3) is 0 Å². The van der Waals surface area contributed by atoms with Gasteiger partial charge in [0.2, 0.25) is 5.95 Å². The van der Waals surface area contributed by atoms with Crippen molar-refractivity contribution in [2.24, 2.45) is 0 Å². The third-order valence-corrected chi connectivity index (χ3v) is 3.07. The molecular weight excluding hydrogens is 240 g/mol. The smallest absolute Gasteiger partial charge is 0.201 e. The van der Waals surface area contributed by atoms with Crippen LogP contribution in [0.15, 0.2) is 42.7 Å². The van der Waals surface area contributed by atoms with Gasteiger partial charge in [-0.25, -0.2) is 4.98 Å². The minimum atomic E-state index is 0.500. The number of benzene rings is 1. The Kier molecular flexibility index (Phi) is 2.79. The van der Waals surface area contributed by atoms with Gasteiger partial charge in [-0.2, -0.15) is 0 Å². The number of hydrogen-bond acceptors (Lipinski definition) is 4. The Balaban J connectivity index is 2.06. The van der Waals surface area contributed by atoms with Crippen LogP contribution in [0.5, 0.6) is 5.75 Å². The lowest BCUT2D eigenvalue weighted by Crippen LogP contribution is -2.04. The summed E-state index contributed by atoms with van der Waals surface area (Å²) >= 11 is 0. The number of pyridine rings is 1. The number of rotatable bonds is 3. The van der Waals surface area contributed by atoms with Gasteiger partial charge >= 0.3 is 0 Å². The van der Waals surface area contributed by atoms with Gasteiger partial charge in [0.15, 0.2) is 0 Å². The molecule has 0 radical (unpaired) electrons. The fraction of sp³-hybridized carbons (Fsp3) is 0.143. The average molecular weight is 254 g/mol. The van der Waals surface area contributed by atoms with E-state index in [9.17, 15) is 0 Å². The molecule has 0 saturated carbocycles. The molecule has 19 heavy (non-hydrogen) atoms. The van der Waals surface area contributed by atoms with E-state index in [2.05, 4.69) is 9.97 Å². The molecule has 0 unspecified atom stereocenters. The lowest BCUT2D eigenvalue weighted by atomic mass is 10.2. The summed E-state index contributed by atoms with van der Waals surface area (Å²) in [6, 6.07) is 9.70. The number of nitrogen functional groups attached to an aromatic ring is 1. The first-order valence-corrected chi connectivity index (χ1v) is 5.96. The molecule has 0 spiro atoms. The van der Waals surface area contributed by atoms with E-state index in [1.165, 1.54) is 0 Å². The fourth-order valence-electron chi connectivity index (χ4n) is 2.09. The Hall–Kier alpha value is -2.56. The first-order chi connectivity index (χ1) is 9.28. The highest BCUT2D eigenvalue weighted by Crippen LogP contribution is 2.23. The largest absolute Gasteiger partial charge is 0.497 e. The SMILES string of the molecule is COc1ccc2c(c1)nc(N)n2Cc1ccncc1. The van der Waals surface area contributed by atoms with E-state index >= 15 is 0 Å². The third kappa shape index (κ3) is 2.10. The lowest BCUT2D eigenvalue weighted by Gasteiger charge is -2.06. The van der Waals surface area contributed by atoms with Crippen LogP contribution in [-0.2, 0) is 6.54 Å². The van der Waals surface area contributed by atoms with Crippen molar-refractivity contribution in [2.45, 2.75) is 6.54 Å². The maximum Gasteiger partial charge on any atom is 0.201 e. The van der Waals surface area contributed by atoms with E-state index in [0.717, 1.165) is 22.3 Å². The summed E-state index contributed by atoms with van der Waals surface area (Å²) in [6.45, 7) is 0.678. The number of imidazole rings is 1. The van der Waals surface area contributed by atoms with E-state index in [1.807, 2.05) is 34.9 Å². The summed E-state index contributed by atoms with van der Waals surface area (Å²) in [5, 5.41) is 0. The van der Waals surface area contributed by atoms with Crippen LogP contribution >= 0.6 is 0 Å². The Morgan fingerprint density at radius 3 is 2.74 bits per heavy atom. The number of nitrogens with two attached hydrogens (primary N) is 1. The quantitative estimate of drug-likeness (QED) is 0.777. The van der Waals surface area contributed by atoms with Gasteiger partial charge in [0.05, 0.1) is 24.7 Å². The van der Waals surface area contributed by atoms with Crippen LogP contribution in [0.1, 0.15) is 5.56 Å². The molecular formula is C14H14N4O. The zero-order valence-electron chi connectivity index (χ0n) is 10.6. The van der Waals surface area contributed by atoms with Crippen molar-refractivity contribution >= 4 is 17.0 Å². The molecule has 0 amide bonds. The molecule has 2 N–H and O–H groups in total. The molecule has 3 aromatic rings. The zero-order chi connectivity index (χ0) is 13.2. The minimum Gasteiger partial charge on any atom is -0.497 e. The van der Waals surface area contributed by atoms with Crippen molar-refractivity contribution in [1.29, 1.82) is 0 Å². The van der Waals surface area contributed by atoms with Crippen molar-refractivity contribution in [2.75, 3.05) is 12.8 Å². The summed E-state index contributed by atoms with van der Waals surface area (Å²) in [5.41, 5.74) is 8.96. The van der Waals surface area contributed by atoms with Crippen LogP contribution in [0.2, 0.25) is 0 Å². The van der Waals surface area contributed by atoms with Gasteiger partial charge in [0, 0.05) is 18.5 Å². The highest BCUT2D eigenvalue weighted by molar-refractivity contribution is 5.80. The average Bonchev–Trinajstić information content (AvgIpc) is 2.75. The molecule has 96 valence electrons. The molecule has 0 saturated heterocycles. The summed E-state index contributed by atoms with van der Waals surface area (Å²) < 4.78 is 7.17. The molecule has 0 bridgehead atoms. The number of nitrogens with zero attached hydrogens (tertiary/aromatic N) is 3. The highest BCUT2D eigenvalue weighted by Gasteiger charge is 2.09. The van der Waals surface area contributed by atoms with E-state index in [4.69, 9.17) is 10.5 Å². The van der Waals surface area contributed by atoms with Gasteiger partial charge in [-0.05, 0) is 29.8 Å². The highest BCUT2D eigenvalue weighted by atomic mass is 16.5. The number of anilines is 1. The molecule has 0 aliphatic heterocycles. The minimum absolute atomic E-state index is 0.500. The second-order valence-corrected chi connectivity index (χ2v) is 4.27. The van der Waals surface area contributed by atoms with E-state index < -0.39 is 0 Å². The van der Waals surface area contributed by atoms with Crippen molar-refractivity contribution < 1.29 is 4.74 Å². The van der Waals surface area contributed by atoms with Crippen LogP contribution in [0.3, 0.4) is 0 Å². The molecule has 0 aliphatic rings. The van der Waals surface area contributed by atoms with Crippen molar-refractivity contribution in [1.82, 2.24) is 14.5 Å². The van der Waals surface area contributed by atoms with Crippen molar-refractivity contribution in [3.05, 3.63) is 48.3 Å². The fourth-order valence-corrected chi connectivity index (χ4v) is 2.09. The standard InChI is InChI=1S/C14H14N4O/c1-19-11-2-3-13-12(8-11)17-14(15)18(13)9-10-4-6-16-7-5-10/h2-8H,9H2,1H3,(H2,15,17).